The van der Waals surface area contributed by atoms with Crippen LogP contribution < -0.4 is 9.62 Å². The fourth-order valence-corrected chi connectivity index (χ4v) is 5.54. The van der Waals surface area contributed by atoms with Gasteiger partial charge in [0.25, 0.3) is 10.0 Å². The molecule has 0 saturated heterocycles. The van der Waals surface area contributed by atoms with E-state index in [9.17, 15) is 17.6 Å². The van der Waals surface area contributed by atoms with Crippen LogP contribution in [-0.2, 0) is 14.8 Å². The summed E-state index contributed by atoms with van der Waals surface area (Å²) in [5, 5.41) is 4.44. The van der Waals surface area contributed by atoms with Crippen molar-refractivity contribution < 1.29 is 17.6 Å². The fourth-order valence-electron chi connectivity index (χ4n) is 3.01. The molecule has 1 aromatic heterocycles. The van der Waals surface area contributed by atoms with Crippen molar-refractivity contribution in [2.24, 2.45) is 0 Å². The zero-order chi connectivity index (χ0) is 21.9. The number of carbonyl (C=O) groups excluding carboxylic acids is 1. The number of nitrogens with one attached hydrogen (secondary N) is 1. The summed E-state index contributed by atoms with van der Waals surface area (Å²) in [5.74, 6) is -1.24. The van der Waals surface area contributed by atoms with Gasteiger partial charge in [-0.25, -0.2) is 12.8 Å². The van der Waals surface area contributed by atoms with Crippen molar-refractivity contribution in [2.45, 2.75) is 31.0 Å². The van der Waals surface area contributed by atoms with Gasteiger partial charge in [0.2, 0.25) is 5.91 Å². The number of amides is 1. The molecule has 0 bridgehead atoms. The number of thiophene rings is 1. The Balaban J connectivity index is 1.87. The standard InChI is InChI=1S/C22H23FN2O3S2/c1-15-10-11-18(13-16(15)2)17(3)24-21(26)14-25(20-8-5-4-7-19(20)23)30(27,28)22-9-6-12-29-22/h4-13,17H,14H2,1-3H3,(H,24,26). The highest BCUT2D eigenvalue weighted by Gasteiger charge is 2.30. The van der Waals surface area contributed by atoms with Crippen LogP contribution in [0.3, 0.4) is 0 Å². The molecule has 8 heteroatoms. The van der Waals surface area contributed by atoms with E-state index in [1.165, 1.54) is 30.3 Å². The smallest absolute Gasteiger partial charge is 0.274 e. The van der Waals surface area contributed by atoms with Gasteiger partial charge >= 0.3 is 0 Å². The predicted octanol–water partition coefficient (Wildman–Crippen LogP) is 4.58. The topological polar surface area (TPSA) is 66.5 Å². The first-order valence-corrected chi connectivity index (χ1v) is 11.7. The maximum atomic E-state index is 14.4. The Morgan fingerprint density at radius 3 is 2.47 bits per heavy atom. The molecule has 3 rings (SSSR count). The molecule has 0 fully saturated rings. The summed E-state index contributed by atoms with van der Waals surface area (Å²) in [6.07, 6.45) is 0. The first-order valence-electron chi connectivity index (χ1n) is 9.37. The molecule has 1 N–H and O–H groups in total. The van der Waals surface area contributed by atoms with Gasteiger partial charge in [0.05, 0.1) is 11.7 Å². The van der Waals surface area contributed by atoms with Gasteiger partial charge < -0.3 is 5.32 Å². The Morgan fingerprint density at radius 1 is 1.10 bits per heavy atom. The fraction of sp³-hybridized carbons (Fsp3) is 0.227. The second-order valence-electron chi connectivity index (χ2n) is 7.03. The molecule has 0 radical (unpaired) electrons. The zero-order valence-electron chi connectivity index (χ0n) is 16.9. The minimum absolute atomic E-state index is 0.0424. The Kier molecular flexibility index (Phi) is 6.58. The molecular formula is C22H23FN2O3S2. The van der Waals surface area contributed by atoms with Gasteiger partial charge in [-0.1, -0.05) is 36.4 Å². The quantitative estimate of drug-likeness (QED) is 0.578. The first-order chi connectivity index (χ1) is 14.2. The highest BCUT2D eigenvalue weighted by atomic mass is 32.2. The van der Waals surface area contributed by atoms with Crippen LogP contribution in [0.25, 0.3) is 0 Å². The lowest BCUT2D eigenvalue weighted by Crippen LogP contribution is -2.41. The van der Waals surface area contributed by atoms with Crippen molar-refractivity contribution in [1.82, 2.24) is 5.32 Å². The highest BCUT2D eigenvalue weighted by Crippen LogP contribution is 2.28. The maximum absolute atomic E-state index is 14.4. The monoisotopic (exact) mass is 446 g/mol. The van der Waals surface area contributed by atoms with Crippen LogP contribution in [0, 0.1) is 19.7 Å². The number of anilines is 1. The third-order valence-electron chi connectivity index (χ3n) is 4.86. The molecule has 158 valence electrons. The Morgan fingerprint density at radius 2 is 1.83 bits per heavy atom. The van der Waals surface area contributed by atoms with Crippen LogP contribution in [0.2, 0.25) is 0 Å². The molecule has 1 heterocycles. The predicted molar refractivity (Wildman–Crippen MR) is 118 cm³/mol. The molecule has 30 heavy (non-hydrogen) atoms. The SMILES string of the molecule is Cc1ccc(C(C)NC(=O)CN(c2ccccc2F)S(=O)(=O)c2cccs2)cc1C. The molecule has 0 aliphatic rings. The van der Waals surface area contributed by atoms with E-state index in [0.717, 1.165) is 32.3 Å². The lowest BCUT2D eigenvalue weighted by molar-refractivity contribution is -0.120. The normalized spacial score (nSPS) is 12.4. The lowest BCUT2D eigenvalue weighted by Gasteiger charge is -2.25. The Bertz CT molecular complexity index is 1140. The van der Waals surface area contributed by atoms with E-state index in [-0.39, 0.29) is 15.9 Å². The number of carbonyl (C=O) groups is 1. The molecule has 3 aromatic rings. The second-order valence-corrected chi connectivity index (χ2v) is 10.1. The molecule has 5 nitrogen and oxygen atoms in total. The summed E-state index contributed by atoms with van der Waals surface area (Å²) >= 11 is 1.02. The van der Waals surface area contributed by atoms with E-state index in [4.69, 9.17) is 0 Å². The zero-order valence-corrected chi connectivity index (χ0v) is 18.6. The van der Waals surface area contributed by atoms with Gasteiger partial charge in [-0.3, -0.25) is 9.10 Å². The van der Waals surface area contributed by atoms with Crippen LogP contribution in [0.1, 0.15) is 29.7 Å². The van der Waals surface area contributed by atoms with Crippen molar-refractivity contribution in [1.29, 1.82) is 0 Å². The van der Waals surface area contributed by atoms with E-state index < -0.39 is 28.3 Å². The Labute approximate surface area is 180 Å². The third kappa shape index (κ3) is 4.71. The molecule has 0 saturated carbocycles. The summed E-state index contributed by atoms with van der Waals surface area (Å²) in [6.45, 7) is 5.28. The summed E-state index contributed by atoms with van der Waals surface area (Å²) in [7, 11) is -4.09. The number of halogens is 1. The van der Waals surface area contributed by atoms with Gasteiger partial charge in [0.1, 0.15) is 16.6 Å². The summed E-state index contributed by atoms with van der Waals surface area (Å²) in [5.41, 5.74) is 2.98. The lowest BCUT2D eigenvalue weighted by atomic mass is 10.0. The van der Waals surface area contributed by atoms with Crippen molar-refractivity contribution in [3.8, 4) is 0 Å². The summed E-state index contributed by atoms with van der Waals surface area (Å²) < 4.78 is 41.5. The molecule has 0 spiro atoms. The number of nitrogens with zero attached hydrogens (tertiary/aromatic N) is 1. The molecule has 0 aliphatic carbocycles. The highest BCUT2D eigenvalue weighted by molar-refractivity contribution is 7.94. The number of hydrogen-bond donors (Lipinski definition) is 1. The van der Waals surface area contributed by atoms with Crippen LogP contribution >= 0.6 is 11.3 Å². The summed E-state index contributed by atoms with van der Waals surface area (Å²) in [6, 6.07) is 14.1. The van der Waals surface area contributed by atoms with Gasteiger partial charge in [0, 0.05) is 0 Å². The number of sulfonamides is 1. The Hall–Kier alpha value is -2.71. The minimum Gasteiger partial charge on any atom is -0.348 e. The second kappa shape index (κ2) is 8.97. The van der Waals surface area contributed by atoms with Crippen LogP contribution in [0.15, 0.2) is 64.2 Å². The average molecular weight is 447 g/mol. The third-order valence-corrected chi connectivity index (χ3v) is 7.99. The van der Waals surface area contributed by atoms with Crippen LogP contribution in [0.5, 0.6) is 0 Å². The molecule has 1 atom stereocenters. The summed E-state index contributed by atoms with van der Waals surface area (Å²) in [4.78, 5) is 12.8. The van der Waals surface area contributed by atoms with Gasteiger partial charge in [-0.15, -0.1) is 11.3 Å². The molecule has 0 aliphatic heterocycles. The van der Waals surface area contributed by atoms with Crippen molar-refractivity contribution >= 4 is 33.0 Å². The van der Waals surface area contributed by atoms with E-state index in [1.54, 1.807) is 11.4 Å². The maximum Gasteiger partial charge on any atom is 0.274 e. The van der Waals surface area contributed by atoms with Crippen molar-refractivity contribution in [3.05, 3.63) is 82.5 Å². The number of benzene rings is 2. The number of hydrogen-bond acceptors (Lipinski definition) is 4. The first kappa shape index (κ1) is 22.0. The number of rotatable bonds is 7. The van der Waals surface area contributed by atoms with E-state index in [1.807, 2.05) is 39.0 Å². The van der Waals surface area contributed by atoms with Gasteiger partial charge in [0.15, 0.2) is 0 Å². The van der Waals surface area contributed by atoms with Crippen LogP contribution in [-0.4, -0.2) is 20.9 Å². The minimum atomic E-state index is -4.09. The van der Waals surface area contributed by atoms with E-state index >= 15 is 0 Å². The van der Waals surface area contributed by atoms with E-state index in [2.05, 4.69) is 5.32 Å². The molecule has 1 amide bonds. The van der Waals surface area contributed by atoms with Crippen molar-refractivity contribution in [2.75, 3.05) is 10.8 Å². The van der Waals surface area contributed by atoms with Crippen LogP contribution in [0.4, 0.5) is 10.1 Å². The molecular weight excluding hydrogens is 423 g/mol. The number of para-hydroxylation sites is 1. The van der Waals surface area contributed by atoms with Gasteiger partial charge in [-0.2, -0.15) is 0 Å². The van der Waals surface area contributed by atoms with Crippen molar-refractivity contribution in [3.63, 3.8) is 0 Å². The van der Waals surface area contributed by atoms with Gasteiger partial charge in [-0.05, 0) is 61.0 Å². The molecule has 2 aromatic carbocycles. The largest absolute Gasteiger partial charge is 0.348 e. The molecule has 1 unspecified atom stereocenters. The number of aryl methyl sites for hydroxylation is 2. The average Bonchev–Trinajstić information content (AvgIpc) is 3.24. The van der Waals surface area contributed by atoms with E-state index in [0.29, 0.717) is 0 Å².